The Labute approximate surface area is 287 Å². The molecule has 0 unspecified atom stereocenters. The number of carbonyl (C=O) groups is 2. The number of carbonyl (C=O) groups excluding carboxylic acids is 2. The minimum absolute atomic E-state index is 0.0185. The fourth-order valence-electron chi connectivity index (χ4n) is 2.87. The minimum atomic E-state index is -4.25. The molecule has 0 spiro atoms. The van der Waals surface area contributed by atoms with Crippen molar-refractivity contribution in [1.82, 2.24) is 15.3 Å². The fraction of sp³-hybridized carbons (Fsp3) is 0.571. The van der Waals surface area contributed by atoms with Crippen LogP contribution in [0.3, 0.4) is 0 Å². The number of benzene rings is 1. The Morgan fingerprint density at radius 1 is 1.16 bits per heavy atom. The number of rotatable bonds is 13. The number of sulfonamides is 1. The molecule has 258 valence electrons. The molecule has 12 nitrogen and oxygen atoms in total. The summed E-state index contributed by atoms with van der Waals surface area (Å²) < 4.78 is 48.3. The molecule has 0 atom stereocenters. The lowest BCUT2D eigenvalue weighted by Gasteiger charge is -2.25. The van der Waals surface area contributed by atoms with E-state index in [0.29, 0.717) is 42.5 Å². The molecular formula is C28H46Cl2N4O8S3. The molecule has 1 N–H and O–H groups in total. The highest BCUT2D eigenvalue weighted by Crippen LogP contribution is 2.36. The first-order valence-electron chi connectivity index (χ1n) is 13.7. The van der Waals surface area contributed by atoms with Crippen LogP contribution in [-0.2, 0) is 29.0 Å². The van der Waals surface area contributed by atoms with E-state index >= 15 is 0 Å². The maximum Gasteiger partial charge on any atom is 0.407 e. The number of nitrogens with one attached hydrogen (secondary N) is 1. The van der Waals surface area contributed by atoms with Gasteiger partial charge >= 0.3 is 6.09 Å². The molecule has 0 radical (unpaired) electrons. The Morgan fingerprint density at radius 2 is 1.76 bits per heavy atom. The predicted octanol–water partition coefficient (Wildman–Crippen LogP) is 6.66. The van der Waals surface area contributed by atoms with Gasteiger partial charge in [0, 0.05) is 18.9 Å². The van der Waals surface area contributed by atoms with Crippen LogP contribution in [-0.4, -0.2) is 82.7 Å². The first kappa shape index (κ1) is 45.0. The number of thioether (sulfide) groups is 1. The molecule has 17 heteroatoms. The third-order valence-corrected chi connectivity index (χ3v) is 8.31. The molecule has 1 aromatic heterocycles. The third kappa shape index (κ3) is 16.3. The Kier molecular flexibility index (Phi) is 24.0. The van der Waals surface area contributed by atoms with E-state index < -0.39 is 21.7 Å². The zero-order valence-corrected chi connectivity index (χ0v) is 31.5. The molecule has 0 bridgehead atoms. The molecule has 0 aliphatic rings. The SMILES string of the molecule is CC.CCCOCN(c1nc(C)c(SCCNC(=O)OC(C)(C)C)nc1OC)S(=O)(=O)c1cccc(Cl)c1Cl.COC=O.CS. The molecule has 2 aromatic rings. The van der Waals surface area contributed by atoms with Gasteiger partial charge in [-0.05, 0) is 52.5 Å². The van der Waals surface area contributed by atoms with Crippen LogP contribution in [0.4, 0.5) is 10.6 Å². The molecule has 0 saturated heterocycles. The molecule has 0 aliphatic heterocycles. The average Bonchev–Trinajstić information content (AvgIpc) is 3.00. The lowest BCUT2D eigenvalue weighted by molar-refractivity contribution is -0.126. The molecule has 1 aromatic carbocycles. The number of hydrogen-bond acceptors (Lipinski definition) is 12. The summed E-state index contributed by atoms with van der Waals surface area (Å²) >= 11 is 17.2. The number of thiol groups is 1. The smallest absolute Gasteiger partial charge is 0.407 e. The first-order chi connectivity index (χ1) is 21.2. The second-order valence-corrected chi connectivity index (χ2v) is 12.7. The second-order valence-electron chi connectivity index (χ2n) is 9.00. The van der Waals surface area contributed by atoms with E-state index in [1.54, 1.807) is 34.0 Å². The highest BCUT2D eigenvalue weighted by molar-refractivity contribution is 7.99. The minimum Gasteiger partial charge on any atom is -0.478 e. The Bertz CT molecular complexity index is 1270. The largest absolute Gasteiger partial charge is 0.478 e. The van der Waals surface area contributed by atoms with E-state index in [0.717, 1.165) is 4.31 Å². The van der Waals surface area contributed by atoms with Gasteiger partial charge in [-0.15, -0.1) is 11.8 Å². The van der Waals surface area contributed by atoms with Crippen LogP contribution in [0, 0.1) is 6.92 Å². The zero-order chi connectivity index (χ0) is 35.2. The summed E-state index contributed by atoms with van der Waals surface area (Å²) in [4.78, 5) is 29.6. The van der Waals surface area contributed by atoms with Gasteiger partial charge in [0.2, 0.25) is 5.82 Å². The van der Waals surface area contributed by atoms with Crippen LogP contribution >= 0.6 is 47.6 Å². The molecule has 45 heavy (non-hydrogen) atoms. The number of nitrogens with zero attached hydrogens (tertiary/aromatic N) is 3. The molecule has 2 rings (SSSR count). The van der Waals surface area contributed by atoms with E-state index in [4.69, 9.17) is 42.2 Å². The number of amides is 1. The molecular weight excluding hydrogens is 687 g/mol. The number of alkyl carbamates (subject to hydrolysis) is 1. The van der Waals surface area contributed by atoms with E-state index in [1.807, 2.05) is 20.8 Å². The molecule has 0 fully saturated rings. The van der Waals surface area contributed by atoms with Crippen molar-refractivity contribution in [3.63, 3.8) is 0 Å². The highest BCUT2D eigenvalue weighted by atomic mass is 35.5. The summed E-state index contributed by atoms with van der Waals surface area (Å²) in [6.07, 6.45) is 1.86. The summed E-state index contributed by atoms with van der Waals surface area (Å²) in [6.45, 7) is 13.6. The van der Waals surface area contributed by atoms with Crippen LogP contribution < -0.4 is 14.4 Å². The van der Waals surface area contributed by atoms with Gasteiger partial charge in [0.25, 0.3) is 22.4 Å². The van der Waals surface area contributed by atoms with E-state index in [-0.39, 0.29) is 33.4 Å². The van der Waals surface area contributed by atoms with Crippen LogP contribution in [0.15, 0.2) is 28.1 Å². The topological polar surface area (TPSA) is 146 Å². The number of methoxy groups -OCH3 is 2. The second kappa shape index (κ2) is 24.1. The molecule has 1 heterocycles. The number of aryl methyl sites for hydroxylation is 1. The van der Waals surface area contributed by atoms with E-state index in [9.17, 15) is 13.2 Å². The van der Waals surface area contributed by atoms with Gasteiger partial charge in [0.15, 0.2) is 0 Å². The maximum atomic E-state index is 13.7. The zero-order valence-electron chi connectivity index (χ0n) is 27.5. The molecule has 0 aliphatic carbocycles. The first-order valence-corrected chi connectivity index (χ1v) is 17.8. The number of aromatic nitrogens is 2. The monoisotopic (exact) mass is 732 g/mol. The number of ether oxygens (including phenoxy) is 4. The van der Waals surface area contributed by atoms with Crippen LogP contribution in [0.25, 0.3) is 0 Å². The fourth-order valence-corrected chi connectivity index (χ4v) is 5.70. The van der Waals surface area contributed by atoms with Gasteiger partial charge in [-0.25, -0.2) is 27.5 Å². The average molecular weight is 734 g/mol. The molecule has 1 amide bonds. The van der Waals surface area contributed by atoms with Crippen molar-refractivity contribution in [2.75, 3.05) is 50.4 Å². The third-order valence-electron chi connectivity index (χ3n) is 4.55. The van der Waals surface area contributed by atoms with Gasteiger partial charge in [-0.1, -0.05) is 50.0 Å². The van der Waals surface area contributed by atoms with Crippen molar-refractivity contribution >= 4 is 76.0 Å². The highest BCUT2D eigenvalue weighted by Gasteiger charge is 2.32. The van der Waals surface area contributed by atoms with Crippen molar-refractivity contribution in [2.45, 2.75) is 70.4 Å². The van der Waals surface area contributed by atoms with Crippen LogP contribution in [0.2, 0.25) is 10.0 Å². The number of halogens is 2. The normalized spacial score (nSPS) is 10.4. The van der Waals surface area contributed by atoms with Crippen molar-refractivity contribution in [3.8, 4) is 5.88 Å². The lowest BCUT2D eigenvalue weighted by atomic mass is 10.2. The summed E-state index contributed by atoms with van der Waals surface area (Å²) in [5.74, 6) is 0.398. The standard InChI is InChI=1S/C23H32Cl2N4O6S2.C2H4O2.C2H6.CH4S/c1-7-12-34-14-29(37(31,32)17-10-8-9-16(24)18(17)25)19-20(33-6)28-21(15(2)27-19)36-13-11-26-22(30)35-23(3,4)5;1-4-2-3;2*1-2/h8-10H,7,11-14H2,1-6H3,(H,26,30);2H,1H3;1-2H3;2H,1H3. The lowest BCUT2D eigenvalue weighted by Crippen LogP contribution is -2.35. The van der Waals surface area contributed by atoms with Gasteiger partial charge in [-0.2, -0.15) is 12.6 Å². The molecule has 0 saturated carbocycles. The quantitative estimate of drug-likeness (QED) is 0.0750. The van der Waals surface area contributed by atoms with Crippen molar-refractivity contribution in [3.05, 3.63) is 33.9 Å². The number of hydrogen-bond donors (Lipinski definition) is 2. The van der Waals surface area contributed by atoms with E-state index in [1.165, 1.54) is 44.2 Å². The van der Waals surface area contributed by atoms with Gasteiger partial charge in [0.05, 0.1) is 30.0 Å². The van der Waals surface area contributed by atoms with Crippen LogP contribution in [0.5, 0.6) is 5.88 Å². The van der Waals surface area contributed by atoms with Gasteiger partial charge in [0.1, 0.15) is 22.3 Å². The Hall–Kier alpha value is -2.17. The van der Waals surface area contributed by atoms with Crippen LogP contribution in [0.1, 0.15) is 53.7 Å². The summed E-state index contributed by atoms with van der Waals surface area (Å²) in [7, 11) is -1.58. The van der Waals surface area contributed by atoms with Gasteiger partial charge in [-0.3, -0.25) is 4.79 Å². The predicted molar refractivity (Wildman–Crippen MR) is 185 cm³/mol. The van der Waals surface area contributed by atoms with E-state index in [2.05, 4.69) is 32.7 Å². The summed E-state index contributed by atoms with van der Waals surface area (Å²) in [5, 5.41) is 3.17. The van der Waals surface area contributed by atoms with Crippen molar-refractivity contribution in [2.24, 2.45) is 0 Å². The Balaban J connectivity index is 0. The Morgan fingerprint density at radius 3 is 2.27 bits per heavy atom. The van der Waals surface area contributed by atoms with Gasteiger partial charge < -0.3 is 24.3 Å². The summed E-state index contributed by atoms with van der Waals surface area (Å²) in [6, 6.07) is 4.34. The summed E-state index contributed by atoms with van der Waals surface area (Å²) in [5.41, 5.74) is -0.129. The van der Waals surface area contributed by atoms with Crippen molar-refractivity contribution < 1.29 is 37.0 Å². The van der Waals surface area contributed by atoms with Crippen molar-refractivity contribution in [1.29, 1.82) is 0 Å². The maximum absolute atomic E-state index is 13.7. The number of anilines is 1.